The maximum atomic E-state index is 5.11. The van der Waals surface area contributed by atoms with Crippen LogP contribution < -0.4 is 5.32 Å². The van der Waals surface area contributed by atoms with Gasteiger partial charge in [0, 0.05) is 11.6 Å². The van der Waals surface area contributed by atoms with Gasteiger partial charge in [0.15, 0.2) is 0 Å². The molecule has 3 unspecified atom stereocenters. The SMILES string of the molecule is CC1CCCC(CCNC(C)c2ccoc2)C1. The van der Waals surface area contributed by atoms with Gasteiger partial charge >= 0.3 is 0 Å². The fourth-order valence-electron chi connectivity index (χ4n) is 2.97. The van der Waals surface area contributed by atoms with Crippen molar-refractivity contribution in [3.63, 3.8) is 0 Å². The van der Waals surface area contributed by atoms with Crippen molar-refractivity contribution in [3.05, 3.63) is 24.2 Å². The van der Waals surface area contributed by atoms with Gasteiger partial charge in [0.25, 0.3) is 0 Å². The molecule has 1 aromatic heterocycles. The average molecular weight is 235 g/mol. The molecule has 96 valence electrons. The molecule has 0 aromatic carbocycles. The number of rotatable bonds is 5. The van der Waals surface area contributed by atoms with Crippen molar-refractivity contribution in [1.29, 1.82) is 0 Å². The highest BCUT2D eigenvalue weighted by atomic mass is 16.3. The van der Waals surface area contributed by atoms with E-state index < -0.39 is 0 Å². The van der Waals surface area contributed by atoms with Crippen molar-refractivity contribution in [2.75, 3.05) is 6.54 Å². The van der Waals surface area contributed by atoms with Gasteiger partial charge in [-0.3, -0.25) is 0 Å². The molecule has 17 heavy (non-hydrogen) atoms. The molecule has 0 spiro atoms. The van der Waals surface area contributed by atoms with E-state index in [1.807, 2.05) is 12.3 Å². The molecule has 1 saturated carbocycles. The minimum absolute atomic E-state index is 0.412. The zero-order valence-corrected chi connectivity index (χ0v) is 11.1. The normalized spacial score (nSPS) is 26.9. The summed E-state index contributed by atoms with van der Waals surface area (Å²) in [5.74, 6) is 1.89. The van der Waals surface area contributed by atoms with E-state index >= 15 is 0 Å². The average Bonchev–Trinajstić information content (AvgIpc) is 2.82. The van der Waals surface area contributed by atoms with Crippen LogP contribution >= 0.6 is 0 Å². The van der Waals surface area contributed by atoms with E-state index in [4.69, 9.17) is 4.42 Å². The maximum absolute atomic E-state index is 5.11. The second-order valence-corrected chi connectivity index (χ2v) is 5.66. The van der Waals surface area contributed by atoms with E-state index in [-0.39, 0.29) is 0 Å². The number of furan rings is 1. The summed E-state index contributed by atoms with van der Waals surface area (Å²) in [6.07, 6.45) is 10.6. The van der Waals surface area contributed by atoms with Gasteiger partial charge in [0.1, 0.15) is 0 Å². The van der Waals surface area contributed by atoms with Gasteiger partial charge in [-0.25, -0.2) is 0 Å². The van der Waals surface area contributed by atoms with Crippen LogP contribution in [0.2, 0.25) is 0 Å². The number of hydrogen-bond acceptors (Lipinski definition) is 2. The van der Waals surface area contributed by atoms with Gasteiger partial charge < -0.3 is 9.73 Å². The van der Waals surface area contributed by atoms with E-state index in [1.165, 1.54) is 37.7 Å². The Labute approximate surface area is 105 Å². The fraction of sp³-hybridized carbons (Fsp3) is 0.733. The fourth-order valence-corrected chi connectivity index (χ4v) is 2.97. The lowest BCUT2D eigenvalue weighted by Gasteiger charge is -2.27. The minimum Gasteiger partial charge on any atom is -0.472 e. The molecule has 0 amide bonds. The lowest BCUT2D eigenvalue weighted by molar-refractivity contribution is 0.265. The van der Waals surface area contributed by atoms with Gasteiger partial charge in [0.2, 0.25) is 0 Å². The van der Waals surface area contributed by atoms with Crippen molar-refractivity contribution < 1.29 is 4.42 Å². The van der Waals surface area contributed by atoms with E-state index in [1.54, 1.807) is 6.26 Å². The second kappa shape index (κ2) is 6.25. The monoisotopic (exact) mass is 235 g/mol. The Balaban J connectivity index is 1.65. The largest absolute Gasteiger partial charge is 0.472 e. The predicted molar refractivity (Wildman–Crippen MR) is 70.9 cm³/mol. The lowest BCUT2D eigenvalue weighted by Crippen LogP contribution is -2.23. The molecule has 0 aliphatic heterocycles. The van der Waals surface area contributed by atoms with Crippen molar-refractivity contribution in [1.82, 2.24) is 5.32 Å². The van der Waals surface area contributed by atoms with Crippen LogP contribution in [0.3, 0.4) is 0 Å². The van der Waals surface area contributed by atoms with Gasteiger partial charge in [-0.15, -0.1) is 0 Å². The summed E-state index contributed by atoms with van der Waals surface area (Å²) >= 11 is 0. The van der Waals surface area contributed by atoms with Crippen LogP contribution in [0.4, 0.5) is 0 Å². The third-order valence-corrected chi connectivity index (χ3v) is 4.09. The Hall–Kier alpha value is -0.760. The molecular weight excluding hydrogens is 210 g/mol. The van der Waals surface area contributed by atoms with Crippen LogP contribution in [-0.4, -0.2) is 6.54 Å². The molecule has 3 atom stereocenters. The summed E-state index contributed by atoms with van der Waals surface area (Å²) in [6.45, 7) is 5.73. The van der Waals surface area contributed by atoms with Crippen LogP contribution in [0.5, 0.6) is 0 Å². The highest BCUT2D eigenvalue weighted by Gasteiger charge is 2.18. The third-order valence-electron chi connectivity index (χ3n) is 4.09. The maximum Gasteiger partial charge on any atom is 0.0950 e. The van der Waals surface area contributed by atoms with Gasteiger partial charge in [0.05, 0.1) is 12.5 Å². The first-order valence-electron chi connectivity index (χ1n) is 7.01. The summed E-state index contributed by atoms with van der Waals surface area (Å²) in [6, 6.07) is 2.45. The molecule has 1 N–H and O–H groups in total. The van der Waals surface area contributed by atoms with Crippen LogP contribution in [-0.2, 0) is 0 Å². The smallest absolute Gasteiger partial charge is 0.0950 e. The van der Waals surface area contributed by atoms with Gasteiger partial charge in [-0.2, -0.15) is 0 Å². The molecule has 1 heterocycles. The van der Waals surface area contributed by atoms with E-state index in [2.05, 4.69) is 19.2 Å². The van der Waals surface area contributed by atoms with Crippen LogP contribution in [0.1, 0.15) is 57.6 Å². The number of nitrogens with one attached hydrogen (secondary N) is 1. The minimum atomic E-state index is 0.412. The summed E-state index contributed by atoms with van der Waals surface area (Å²) in [4.78, 5) is 0. The summed E-state index contributed by atoms with van der Waals surface area (Å²) in [5, 5.41) is 3.59. The Kier molecular flexibility index (Phi) is 4.66. The third kappa shape index (κ3) is 3.88. The first-order valence-corrected chi connectivity index (χ1v) is 7.01. The van der Waals surface area contributed by atoms with Crippen molar-refractivity contribution >= 4 is 0 Å². The Morgan fingerprint density at radius 2 is 2.35 bits per heavy atom. The van der Waals surface area contributed by atoms with Crippen molar-refractivity contribution in [2.24, 2.45) is 11.8 Å². The molecule has 1 aliphatic rings. The Bertz CT molecular complexity index is 307. The molecule has 2 nitrogen and oxygen atoms in total. The molecule has 2 heteroatoms. The molecule has 0 saturated heterocycles. The zero-order chi connectivity index (χ0) is 12.1. The van der Waals surface area contributed by atoms with Gasteiger partial charge in [-0.1, -0.05) is 26.2 Å². The molecule has 1 fully saturated rings. The Morgan fingerprint density at radius 1 is 1.47 bits per heavy atom. The van der Waals surface area contributed by atoms with Gasteiger partial charge in [-0.05, 0) is 44.2 Å². The van der Waals surface area contributed by atoms with Crippen LogP contribution in [0.15, 0.2) is 23.0 Å². The predicted octanol–water partition coefficient (Wildman–Crippen LogP) is 4.15. The van der Waals surface area contributed by atoms with E-state index in [0.29, 0.717) is 6.04 Å². The summed E-state index contributed by atoms with van der Waals surface area (Å²) < 4.78 is 5.11. The van der Waals surface area contributed by atoms with Crippen molar-refractivity contribution in [2.45, 2.75) is 52.0 Å². The first kappa shape index (κ1) is 12.7. The topological polar surface area (TPSA) is 25.2 Å². The second-order valence-electron chi connectivity index (χ2n) is 5.66. The zero-order valence-electron chi connectivity index (χ0n) is 11.1. The molecule has 0 bridgehead atoms. The number of hydrogen-bond donors (Lipinski definition) is 1. The van der Waals surface area contributed by atoms with Crippen molar-refractivity contribution in [3.8, 4) is 0 Å². The molecule has 1 aromatic rings. The first-order chi connectivity index (χ1) is 8.25. The van der Waals surface area contributed by atoms with Crippen LogP contribution in [0, 0.1) is 11.8 Å². The Morgan fingerprint density at radius 3 is 3.06 bits per heavy atom. The molecule has 1 aliphatic carbocycles. The van der Waals surface area contributed by atoms with Crippen LogP contribution in [0.25, 0.3) is 0 Å². The quantitative estimate of drug-likeness (QED) is 0.829. The molecular formula is C15H25NO. The summed E-state index contributed by atoms with van der Waals surface area (Å²) in [7, 11) is 0. The molecule has 2 rings (SSSR count). The van der Waals surface area contributed by atoms with E-state index in [0.717, 1.165) is 18.4 Å². The lowest BCUT2D eigenvalue weighted by atomic mass is 9.81. The highest BCUT2D eigenvalue weighted by Crippen LogP contribution is 2.30. The highest BCUT2D eigenvalue weighted by molar-refractivity contribution is 5.10. The molecule has 0 radical (unpaired) electrons. The standard InChI is InChI=1S/C15H25NO/c1-12-4-3-5-14(10-12)6-8-16-13(2)15-7-9-17-11-15/h7,9,11-14,16H,3-6,8,10H2,1-2H3. The van der Waals surface area contributed by atoms with E-state index in [9.17, 15) is 0 Å². The summed E-state index contributed by atoms with van der Waals surface area (Å²) in [5.41, 5.74) is 1.25.